The van der Waals surface area contributed by atoms with Crippen molar-refractivity contribution in [3.05, 3.63) is 33.8 Å². The van der Waals surface area contributed by atoms with Crippen LogP contribution in [0.3, 0.4) is 0 Å². The molecule has 0 nitrogen and oxygen atoms in total. The molecule has 0 bridgehead atoms. The first-order valence-electron chi connectivity index (χ1n) is 4.67. The SMILES string of the molecule is FC(F)(F)C(C(Br)c1cc(Cl)ccc1Cl)C(F)(F)F. The Morgan fingerprint density at radius 1 is 0.947 bits per heavy atom. The molecule has 0 radical (unpaired) electrons. The maximum absolute atomic E-state index is 12.6. The largest absolute Gasteiger partial charge is 0.401 e. The lowest BCUT2D eigenvalue weighted by Crippen LogP contribution is -2.39. The Balaban J connectivity index is 3.28. The Labute approximate surface area is 122 Å². The summed E-state index contributed by atoms with van der Waals surface area (Å²) in [5, 5.41) is -0.239. The van der Waals surface area contributed by atoms with Crippen LogP contribution in [-0.4, -0.2) is 12.4 Å². The predicted molar refractivity (Wildman–Crippen MR) is 63.7 cm³/mol. The van der Waals surface area contributed by atoms with Crippen LogP contribution >= 0.6 is 39.1 Å². The van der Waals surface area contributed by atoms with E-state index in [0.29, 0.717) is 0 Å². The van der Waals surface area contributed by atoms with Gasteiger partial charge in [0.2, 0.25) is 0 Å². The minimum absolute atomic E-state index is 0.00745. The molecule has 0 N–H and O–H groups in total. The fourth-order valence-corrected chi connectivity index (χ4v) is 2.95. The number of rotatable bonds is 2. The van der Waals surface area contributed by atoms with Crippen molar-refractivity contribution in [1.29, 1.82) is 0 Å². The molecule has 1 rings (SSSR count). The smallest absolute Gasteiger partial charge is 0.170 e. The second-order valence-corrected chi connectivity index (χ2v) is 5.46. The summed E-state index contributed by atoms with van der Waals surface area (Å²) in [5.74, 6) is -3.57. The highest BCUT2D eigenvalue weighted by Crippen LogP contribution is 2.51. The molecule has 0 aliphatic heterocycles. The molecular formula is C10H5BrCl2F6. The second-order valence-electron chi connectivity index (χ2n) is 3.63. The van der Waals surface area contributed by atoms with Crippen LogP contribution in [0, 0.1) is 5.92 Å². The first kappa shape index (κ1) is 16.9. The average molecular weight is 390 g/mol. The van der Waals surface area contributed by atoms with Crippen LogP contribution in [-0.2, 0) is 0 Å². The number of hydrogen-bond acceptors (Lipinski definition) is 0. The van der Waals surface area contributed by atoms with Crippen LogP contribution < -0.4 is 0 Å². The summed E-state index contributed by atoms with van der Waals surface area (Å²) in [7, 11) is 0. The van der Waals surface area contributed by atoms with Crippen molar-refractivity contribution in [3.8, 4) is 0 Å². The molecule has 0 heterocycles. The van der Waals surface area contributed by atoms with Crippen molar-refractivity contribution >= 4 is 39.1 Å². The monoisotopic (exact) mass is 388 g/mol. The highest BCUT2D eigenvalue weighted by Gasteiger charge is 2.60. The van der Waals surface area contributed by atoms with Crippen molar-refractivity contribution in [3.63, 3.8) is 0 Å². The van der Waals surface area contributed by atoms with Gasteiger partial charge in [-0.1, -0.05) is 39.1 Å². The molecule has 1 aromatic rings. The van der Waals surface area contributed by atoms with Gasteiger partial charge in [0.15, 0.2) is 5.92 Å². The summed E-state index contributed by atoms with van der Waals surface area (Å²) >= 11 is 13.6. The average Bonchev–Trinajstić information content (AvgIpc) is 2.17. The Morgan fingerprint density at radius 2 is 1.42 bits per heavy atom. The maximum atomic E-state index is 12.6. The van der Waals surface area contributed by atoms with Crippen molar-refractivity contribution in [2.45, 2.75) is 17.2 Å². The van der Waals surface area contributed by atoms with Gasteiger partial charge in [-0.15, -0.1) is 0 Å². The van der Waals surface area contributed by atoms with E-state index in [9.17, 15) is 26.3 Å². The lowest BCUT2D eigenvalue weighted by atomic mass is 9.98. The molecule has 19 heavy (non-hydrogen) atoms. The Hall–Kier alpha value is -0.140. The van der Waals surface area contributed by atoms with Gasteiger partial charge >= 0.3 is 12.4 Å². The van der Waals surface area contributed by atoms with Gasteiger partial charge in [0.25, 0.3) is 0 Å². The van der Waals surface area contributed by atoms with E-state index in [1.807, 2.05) is 0 Å². The van der Waals surface area contributed by atoms with Crippen LogP contribution in [0.2, 0.25) is 10.0 Å². The maximum Gasteiger partial charge on any atom is 0.401 e. The minimum Gasteiger partial charge on any atom is -0.170 e. The molecule has 0 aromatic heterocycles. The summed E-state index contributed by atoms with van der Waals surface area (Å²) in [5.41, 5.74) is -0.367. The fourth-order valence-electron chi connectivity index (χ4n) is 1.42. The van der Waals surface area contributed by atoms with E-state index in [4.69, 9.17) is 23.2 Å². The zero-order valence-corrected chi connectivity index (χ0v) is 11.9. The van der Waals surface area contributed by atoms with E-state index < -0.39 is 23.1 Å². The molecule has 0 saturated carbocycles. The summed E-state index contributed by atoms with van der Waals surface area (Å²) in [4.78, 5) is -2.07. The molecule has 108 valence electrons. The Kier molecular flexibility index (Phi) is 5.07. The van der Waals surface area contributed by atoms with Crippen LogP contribution in [0.25, 0.3) is 0 Å². The van der Waals surface area contributed by atoms with Gasteiger partial charge < -0.3 is 0 Å². The van der Waals surface area contributed by atoms with Gasteiger partial charge in [-0.05, 0) is 23.8 Å². The van der Waals surface area contributed by atoms with E-state index in [0.717, 1.165) is 12.1 Å². The first-order valence-corrected chi connectivity index (χ1v) is 6.34. The van der Waals surface area contributed by atoms with Crippen molar-refractivity contribution in [1.82, 2.24) is 0 Å². The van der Waals surface area contributed by atoms with E-state index in [-0.39, 0.29) is 15.6 Å². The van der Waals surface area contributed by atoms with Crippen molar-refractivity contribution in [2.24, 2.45) is 5.92 Å². The highest BCUT2D eigenvalue weighted by atomic mass is 79.9. The van der Waals surface area contributed by atoms with Gasteiger partial charge in [-0.2, -0.15) is 26.3 Å². The number of alkyl halides is 7. The fraction of sp³-hybridized carbons (Fsp3) is 0.400. The van der Waals surface area contributed by atoms with E-state index in [1.165, 1.54) is 6.07 Å². The summed E-state index contributed by atoms with van der Waals surface area (Å²) in [6.45, 7) is 0. The molecule has 0 spiro atoms. The zero-order valence-electron chi connectivity index (χ0n) is 8.79. The molecule has 0 aliphatic rings. The number of hydrogen-bond donors (Lipinski definition) is 0. The quantitative estimate of drug-likeness (QED) is 0.419. The Morgan fingerprint density at radius 3 is 1.84 bits per heavy atom. The summed E-state index contributed by atoms with van der Waals surface area (Å²) in [6, 6.07) is 3.37. The van der Waals surface area contributed by atoms with Crippen LogP contribution in [0.4, 0.5) is 26.3 Å². The van der Waals surface area contributed by atoms with Gasteiger partial charge in [0.1, 0.15) is 0 Å². The molecular weight excluding hydrogens is 385 g/mol. The van der Waals surface area contributed by atoms with Gasteiger partial charge in [0.05, 0.1) is 4.83 Å². The third-order valence-electron chi connectivity index (χ3n) is 2.25. The van der Waals surface area contributed by atoms with Crippen LogP contribution in [0.5, 0.6) is 0 Å². The molecule has 0 aliphatic carbocycles. The lowest BCUT2D eigenvalue weighted by Gasteiger charge is -2.28. The molecule has 1 aromatic carbocycles. The minimum atomic E-state index is -5.46. The first-order chi connectivity index (χ1) is 8.44. The summed E-state index contributed by atoms with van der Waals surface area (Å²) in [6.07, 6.45) is -10.9. The lowest BCUT2D eigenvalue weighted by molar-refractivity contribution is -0.283. The van der Waals surface area contributed by atoms with E-state index >= 15 is 0 Å². The van der Waals surface area contributed by atoms with Crippen LogP contribution in [0.1, 0.15) is 10.4 Å². The summed E-state index contributed by atoms with van der Waals surface area (Å²) < 4.78 is 75.3. The Bertz CT molecular complexity index is 442. The third-order valence-corrected chi connectivity index (χ3v) is 3.85. The molecule has 0 fully saturated rings. The molecule has 9 heteroatoms. The van der Waals surface area contributed by atoms with E-state index in [1.54, 1.807) is 0 Å². The second kappa shape index (κ2) is 5.69. The standard InChI is InChI=1S/C10H5BrCl2F6/c11-7(5-3-4(12)1-2-6(5)13)8(9(14,15)16)10(17,18)19/h1-3,7-8H. The third kappa shape index (κ3) is 4.16. The topological polar surface area (TPSA) is 0 Å². The van der Waals surface area contributed by atoms with Crippen LogP contribution in [0.15, 0.2) is 18.2 Å². The van der Waals surface area contributed by atoms with Gasteiger partial charge in [-0.25, -0.2) is 0 Å². The zero-order chi connectivity index (χ0) is 15.0. The predicted octanol–water partition coefficient (Wildman–Crippen LogP) is 6.17. The number of benzene rings is 1. The van der Waals surface area contributed by atoms with Crippen molar-refractivity contribution in [2.75, 3.05) is 0 Å². The highest BCUT2D eigenvalue weighted by molar-refractivity contribution is 9.09. The van der Waals surface area contributed by atoms with E-state index in [2.05, 4.69) is 15.9 Å². The molecule has 1 unspecified atom stereocenters. The van der Waals surface area contributed by atoms with Gasteiger partial charge in [0, 0.05) is 10.0 Å². The normalized spacial score (nSPS) is 14.8. The van der Waals surface area contributed by atoms with Gasteiger partial charge in [-0.3, -0.25) is 0 Å². The number of halogens is 9. The molecule has 1 atom stereocenters. The van der Waals surface area contributed by atoms with Crippen molar-refractivity contribution < 1.29 is 26.3 Å². The molecule has 0 amide bonds. The molecule has 0 saturated heterocycles.